The fourth-order valence-corrected chi connectivity index (χ4v) is 3.52. The molecule has 2 rings (SSSR count). The minimum Gasteiger partial charge on any atom is -0.384 e. The minimum absolute atomic E-state index is 0.306. The van der Waals surface area contributed by atoms with Crippen LogP contribution < -0.4 is 5.32 Å². The van der Waals surface area contributed by atoms with Crippen molar-refractivity contribution in [1.29, 1.82) is 0 Å². The molecule has 0 spiro atoms. The van der Waals surface area contributed by atoms with Crippen molar-refractivity contribution in [2.75, 3.05) is 5.32 Å². The van der Waals surface area contributed by atoms with E-state index >= 15 is 0 Å². The van der Waals surface area contributed by atoms with Crippen LogP contribution in [0.5, 0.6) is 0 Å². The quantitative estimate of drug-likeness (QED) is 0.761. The van der Waals surface area contributed by atoms with Crippen LogP contribution in [0.4, 0.5) is 11.4 Å². The van der Waals surface area contributed by atoms with E-state index in [9.17, 15) is 5.11 Å². The van der Waals surface area contributed by atoms with E-state index in [1.54, 1.807) is 0 Å². The van der Waals surface area contributed by atoms with E-state index in [0.29, 0.717) is 0 Å². The van der Waals surface area contributed by atoms with Crippen LogP contribution in [0.2, 0.25) is 0 Å². The number of hydrogen-bond acceptors (Lipinski definition) is 2. The highest BCUT2D eigenvalue weighted by Crippen LogP contribution is 2.53. The number of hydrogen-bond donors (Lipinski definition) is 2. The van der Waals surface area contributed by atoms with Crippen molar-refractivity contribution in [1.82, 2.24) is 0 Å². The summed E-state index contributed by atoms with van der Waals surface area (Å²) < 4.78 is 0. The summed E-state index contributed by atoms with van der Waals surface area (Å²) in [6, 6.07) is 18.1. The Labute approximate surface area is 140 Å². The number of rotatable bonds is 3. The molecule has 0 radical (unpaired) electrons. The molecule has 0 amide bonds. The second-order valence-corrected chi connectivity index (χ2v) is 8.25. The molecule has 0 aliphatic rings. The molecular formula is C21H29NO. The molecule has 0 saturated carbocycles. The van der Waals surface area contributed by atoms with Crippen LogP contribution in [0.25, 0.3) is 0 Å². The van der Waals surface area contributed by atoms with Gasteiger partial charge in [0.25, 0.3) is 0 Å². The Morgan fingerprint density at radius 3 is 1.70 bits per heavy atom. The number of aliphatic hydroxyl groups is 1. The van der Waals surface area contributed by atoms with Gasteiger partial charge in [0.2, 0.25) is 0 Å². The van der Waals surface area contributed by atoms with Crippen molar-refractivity contribution in [2.24, 2.45) is 10.8 Å². The van der Waals surface area contributed by atoms with Gasteiger partial charge in [-0.25, -0.2) is 0 Å². The molecule has 23 heavy (non-hydrogen) atoms. The van der Waals surface area contributed by atoms with E-state index in [0.717, 1.165) is 16.9 Å². The van der Waals surface area contributed by atoms with Crippen LogP contribution in [-0.2, 0) is 5.60 Å². The SMILES string of the molecule is CC(C)(C)C(O)(c1ccccc1Nc1ccccc1)C(C)(C)C. The minimum atomic E-state index is -0.974. The van der Waals surface area contributed by atoms with E-state index < -0.39 is 5.60 Å². The highest BCUT2D eigenvalue weighted by Gasteiger charge is 2.51. The number of benzene rings is 2. The molecule has 0 heterocycles. The summed E-state index contributed by atoms with van der Waals surface area (Å²) in [5.41, 5.74) is 1.32. The molecule has 0 atom stereocenters. The first-order valence-electron chi connectivity index (χ1n) is 8.21. The first-order valence-corrected chi connectivity index (χ1v) is 8.21. The van der Waals surface area contributed by atoms with Gasteiger partial charge in [0.1, 0.15) is 5.60 Å². The lowest BCUT2D eigenvalue weighted by molar-refractivity contribution is -0.144. The van der Waals surface area contributed by atoms with E-state index in [2.05, 4.69) is 46.9 Å². The van der Waals surface area contributed by atoms with Crippen LogP contribution in [0.1, 0.15) is 47.1 Å². The normalized spacial score (nSPS) is 13.0. The Morgan fingerprint density at radius 2 is 1.17 bits per heavy atom. The highest BCUT2D eigenvalue weighted by molar-refractivity contribution is 5.64. The lowest BCUT2D eigenvalue weighted by Crippen LogP contribution is -2.50. The molecule has 0 unspecified atom stereocenters. The first kappa shape index (κ1) is 17.6. The van der Waals surface area contributed by atoms with Crippen LogP contribution >= 0.6 is 0 Å². The topological polar surface area (TPSA) is 32.3 Å². The van der Waals surface area contributed by atoms with Crippen LogP contribution in [0.15, 0.2) is 54.6 Å². The Kier molecular flexibility index (Phi) is 4.59. The van der Waals surface area contributed by atoms with E-state index in [1.807, 2.05) is 54.6 Å². The fraction of sp³-hybridized carbons (Fsp3) is 0.429. The zero-order valence-electron chi connectivity index (χ0n) is 15.1. The number of nitrogens with one attached hydrogen (secondary N) is 1. The molecule has 2 aromatic rings. The van der Waals surface area contributed by atoms with Gasteiger partial charge in [-0.15, -0.1) is 0 Å². The molecule has 2 N–H and O–H groups in total. The van der Waals surface area contributed by atoms with E-state index in [1.165, 1.54) is 0 Å². The van der Waals surface area contributed by atoms with Crippen molar-refractivity contribution in [2.45, 2.75) is 47.1 Å². The average molecular weight is 311 g/mol. The average Bonchev–Trinajstić information content (AvgIpc) is 2.46. The van der Waals surface area contributed by atoms with Crippen LogP contribution in [0, 0.1) is 10.8 Å². The van der Waals surface area contributed by atoms with Crippen LogP contribution in [-0.4, -0.2) is 5.11 Å². The van der Waals surface area contributed by atoms with Gasteiger partial charge in [-0.3, -0.25) is 0 Å². The Hall–Kier alpha value is -1.80. The van der Waals surface area contributed by atoms with Gasteiger partial charge in [-0.2, -0.15) is 0 Å². The van der Waals surface area contributed by atoms with Gasteiger partial charge >= 0.3 is 0 Å². The van der Waals surface area contributed by atoms with Gasteiger partial charge in [0.15, 0.2) is 0 Å². The summed E-state index contributed by atoms with van der Waals surface area (Å²) in [5, 5.41) is 15.2. The molecule has 0 aromatic heterocycles. The van der Waals surface area contributed by atoms with E-state index in [-0.39, 0.29) is 10.8 Å². The molecule has 2 nitrogen and oxygen atoms in total. The molecule has 0 aliphatic heterocycles. The third-order valence-corrected chi connectivity index (χ3v) is 4.54. The molecular weight excluding hydrogens is 282 g/mol. The third-order valence-electron chi connectivity index (χ3n) is 4.54. The zero-order chi connectivity index (χ0) is 17.3. The third kappa shape index (κ3) is 3.28. The Balaban J connectivity index is 2.58. The molecule has 2 aromatic carbocycles. The first-order chi connectivity index (χ1) is 10.6. The smallest absolute Gasteiger partial charge is 0.101 e. The Bertz CT molecular complexity index is 634. The fourth-order valence-electron chi connectivity index (χ4n) is 3.52. The maximum absolute atomic E-state index is 11.8. The number of para-hydroxylation sites is 2. The number of anilines is 2. The van der Waals surface area contributed by atoms with Crippen LogP contribution in [0.3, 0.4) is 0 Å². The molecule has 0 bridgehead atoms. The van der Waals surface area contributed by atoms with Gasteiger partial charge < -0.3 is 10.4 Å². The summed E-state index contributed by atoms with van der Waals surface area (Å²) in [6.45, 7) is 12.6. The standard InChI is InChI=1S/C21H29NO/c1-19(2,3)21(23,20(4,5)6)17-14-10-11-15-18(17)22-16-12-8-7-9-13-16/h7-15,22-23H,1-6H3. The highest BCUT2D eigenvalue weighted by atomic mass is 16.3. The van der Waals surface area contributed by atoms with Crippen molar-refractivity contribution in [3.63, 3.8) is 0 Å². The molecule has 0 fully saturated rings. The second kappa shape index (κ2) is 6.01. The molecule has 0 aliphatic carbocycles. The molecule has 2 heteroatoms. The van der Waals surface area contributed by atoms with Crippen molar-refractivity contribution >= 4 is 11.4 Å². The second-order valence-electron chi connectivity index (χ2n) is 8.25. The van der Waals surface area contributed by atoms with Crippen molar-refractivity contribution in [3.8, 4) is 0 Å². The lowest BCUT2D eigenvalue weighted by atomic mass is 9.59. The molecule has 0 saturated heterocycles. The lowest BCUT2D eigenvalue weighted by Gasteiger charge is -2.50. The van der Waals surface area contributed by atoms with Gasteiger partial charge in [0, 0.05) is 16.9 Å². The predicted octanol–water partition coefficient (Wildman–Crippen LogP) is 5.71. The monoisotopic (exact) mass is 311 g/mol. The summed E-state index contributed by atoms with van der Waals surface area (Å²) in [6.07, 6.45) is 0. The van der Waals surface area contributed by atoms with Gasteiger partial charge in [-0.1, -0.05) is 77.9 Å². The molecule has 124 valence electrons. The van der Waals surface area contributed by atoms with Gasteiger partial charge in [0.05, 0.1) is 0 Å². The summed E-state index contributed by atoms with van der Waals surface area (Å²) in [7, 11) is 0. The maximum Gasteiger partial charge on any atom is 0.101 e. The van der Waals surface area contributed by atoms with Crippen molar-refractivity contribution in [3.05, 3.63) is 60.2 Å². The van der Waals surface area contributed by atoms with Crippen molar-refractivity contribution < 1.29 is 5.11 Å². The predicted molar refractivity (Wildman–Crippen MR) is 99.0 cm³/mol. The largest absolute Gasteiger partial charge is 0.384 e. The van der Waals surface area contributed by atoms with Gasteiger partial charge in [-0.05, 0) is 29.0 Å². The zero-order valence-corrected chi connectivity index (χ0v) is 15.1. The van der Waals surface area contributed by atoms with E-state index in [4.69, 9.17) is 0 Å². The summed E-state index contributed by atoms with van der Waals surface area (Å²) in [5.74, 6) is 0. The Morgan fingerprint density at radius 1 is 0.696 bits per heavy atom. The maximum atomic E-state index is 11.8. The summed E-state index contributed by atoms with van der Waals surface area (Å²) >= 11 is 0. The summed E-state index contributed by atoms with van der Waals surface area (Å²) in [4.78, 5) is 0.